The van der Waals surface area contributed by atoms with Crippen LogP contribution >= 0.6 is 0 Å². The highest BCUT2D eigenvalue weighted by Gasteiger charge is 2.28. The number of nitrogens with one attached hydrogen (secondary N) is 1. The molecule has 3 rings (SSSR count). The molecule has 1 saturated heterocycles. The number of Topliss-reactive ketones (excluding diaryl/α,β-unsaturated/α-hetero) is 1. The molecule has 1 atom stereocenters. The quantitative estimate of drug-likeness (QED) is 0.744. The zero-order valence-electron chi connectivity index (χ0n) is 16.0. The first-order chi connectivity index (χ1) is 13.6. The number of hydrogen-bond donors (Lipinski definition) is 1. The normalized spacial score (nSPS) is 16.6. The van der Waals surface area contributed by atoms with Crippen LogP contribution in [0.3, 0.4) is 0 Å². The lowest BCUT2D eigenvalue weighted by Gasteiger charge is -2.36. The van der Waals surface area contributed by atoms with E-state index in [0.29, 0.717) is 37.6 Å². The Morgan fingerprint density at radius 2 is 1.96 bits per heavy atom. The molecule has 1 aliphatic heterocycles. The minimum atomic E-state index is -0.318. The van der Waals surface area contributed by atoms with Gasteiger partial charge in [0.1, 0.15) is 11.6 Å². The summed E-state index contributed by atoms with van der Waals surface area (Å²) in [4.78, 5) is 26.9. The van der Waals surface area contributed by atoms with Crippen LogP contribution in [0.2, 0.25) is 0 Å². The Morgan fingerprint density at radius 3 is 2.68 bits per heavy atom. The van der Waals surface area contributed by atoms with Crippen LogP contribution in [-0.2, 0) is 4.79 Å². The zero-order valence-corrected chi connectivity index (χ0v) is 16.0. The van der Waals surface area contributed by atoms with Gasteiger partial charge in [0.15, 0.2) is 5.78 Å². The summed E-state index contributed by atoms with van der Waals surface area (Å²) in [5.41, 5.74) is 1.33. The number of halogens is 1. The Hall–Kier alpha value is -2.73. The van der Waals surface area contributed by atoms with Crippen molar-refractivity contribution in [3.63, 3.8) is 0 Å². The topological polar surface area (TPSA) is 58.6 Å². The lowest BCUT2D eigenvalue weighted by atomic mass is 10.0. The molecule has 148 valence electrons. The fraction of sp³-hybridized carbons (Fsp3) is 0.364. The number of benzene rings is 2. The monoisotopic (exact) mass is 384 g/mol. The standard InChI is InChI=1S/C22H25FN2O3/c1-2-28-19-8-6-16(7-9-19)21(26)10-11-22(27)25-13-12-24-15-20(25)17-4-3-5-18(23)14-17/h3-9,14,20,24H,2,10-13,15H2,1H3. The van der Waals surface area contributed by atoms with Crippen LogP contribution in [0.25, 0.3) is 0 Å². The van der Waals surface area contributed by atoms with E-state index in [-0.39, 0.29) is 36.4 Å². The smallest absolute Gasteiger partial charge is 0.223 e. The summed E-state index contributed by atoms with van der Waals surface area (Å²) in [6, 6.07) is 13.1. The Morgan fingerprint density at radius 1 is 1.18 bits per heavy atom. The third-order valence-electron chi connectivity index (χ3n) is 4.85. The van der Waals surface area contributed by atoms with Gasteiger partial charge in [0.2, 0.25) is 5.91 Å². The molecule has 0 spiro atoms. The first-order valence-corrected chi connectivity index (χ1v) is 9.60. The molecule has 0 bridgehead atoms. The summed E-state index contributed by atoms with van der Waals surface area (Å²) in [6.07, 6.45) is 0.282. The molecule has 1 aliphatic rings. The first kappa shape index (κ1) is 20.0. The van der Waals surface area contributed by atoms with E-state index in [1.165, 1.54) is 12.1 Å². The highest BCUT2D eigenvalue weighted by Crippen LogP contribution is 2.24. The van der Waals surface area contributed by atoms with Crippen molar-refractivity contribution in [2.24, 2.45) is 0 Å². The number of piperazine rings is 1. The average molecular weight is 384 g/mol. The Balaban J connectivity index is 1.61. The lowest BCUT2D eigenvalue weighted by molar-refractivity contribution is -0.134. The molecule has 1 unspecified atom stereocenters. The summed E-state index contributed by atoms with van der Waals surface area (Å²) in [6.45, 7) is 4.26. The third-order valence-corrected chi connectivity index (χ3v) is 4.85. The number of amides is 1. The number of carbonyl (C=O) groups is 2. The van der Waals surface area contributed by atoms with Gasteiger partial charge < -0.3 is 15.0 Å². The highest BCUT2D eigenvalue weighted by molar-refractivity contribution is 5.98. The molecule has 5 nitrogen and oxygen atoms in total. The summed E-state index contributed by atoms with van der Waals surface area (Å²) in [5.74, 6) is 0.235. The van der Waals surface area contributed by atoms with E-state index in [9.17, 15) is 14.0 Å². The molecule has 1 fully saturated rings. The van der Waals surface area contributed by atoms with E-state index >= 15 is 0 Å². The van der Waals surface area contributed by atoms with Crippen LogP contribution in [0.4, 0.5) is 4.39 Å². The summed E-state index contributed by atoms with van der Waals surface area (Å²) in [7, 11) is 0. The van der Waals surface area contributed by atoms with Gasteiger partial charge in [-0.2, -0.15) is 0 Å². The maximum absolute atomic E-state index is 13.6. The molecule has 0 saturated carbocycles. The van der Waals surface area contributed by atoms with E-state index in [1.54, 1.807) is 35.2 Å². The van der Waals surface area contributed by atoms with Crippen molar-refractivity contribution in [2.75, 3.05) is 26.2 Å². The molecule has 28 heavy (non-hydrogen) atoms. The predicted molar refractivity (Wildman–Crippen MR) is 105 cm³/mol. The van der Waals surface area contributed by atoms with Crippen LogP contribution in [0.15, 0.2) is 48.5 Å². The number of nitrogens with zero attached hydrogens (tertiary/aromatic N) is 1. The van der Waals surface area contributed by atoms with Gasteiger partial charge in [-0.3, -0.25) is 9.59 Å². The van der Waals surface area contributed by atoms with Crippen molar-refractivity contribution in [3.05, 3.63) is 65.5 Å². The molecular formula is C22H25FN2O3. The van der Waals surface area contributed by atoms with Gasteiger partial charge in [-0.15, -0.1) is 0 Å². The molecular weight excluding hydrogens is 359 g/mol. The molecule has 1 heterocycles. The molecule has 6 heteroatoms. The fourth-order valence-corrected chi connectivity index (χ4v) is 3.43. The van der Waals surface area contributed by atoms with Crippen LogP contribution < -0.4 is 10.1 Å². The van der Waals surface area contributed by atoms with Crippen LogP contribution in [0.5, 0.6) is 5.75 Å². The van der Waals surface area contributed by atoms with Crippen molar-refractivity contribution in [2.45, 2.75) is 25.8 Å². The van der Waals surface area contributed by atoms with Gasteiger partial charge in [0.25, 0.3) is 0 Å². The largest absolute Gasteiger partial charge is 0.494 e. The summed E-state index contributed by atoms with van der Waals surface area (Å²) in [5, 5.41) is 3.25. The minimum absolute atomic E-state index is 0.0751. The Kier molecular flexibility index (Phi) is 6.76. The number of rotatable bonds is 7. The van der Waals surface area contributed by atoms with Crippen LogP contribution in [-0.4, -0.2) is 42.8 Å². The lowest BCUT2D eigenvalue weighted by Crippen LogP contribution is -2.48. The second-order valence-corrected chi connectivity index (χ2v) is 6.74. The maximum Gasteiger partial charge on any atom is 0.223 e. The van der Waals surface area contributed by atoms with Gasteiger partial charge in [0, 0.05) is 38.0 Å². The molecule has 2 aromatic rings. The minimum Gasteiger partial charge on any atom is -0.494 e. The van der Waals surface area contributed by atoms with Gasteiger partial charge >= 0.3 is 0 Å². The summed E-state index contributed by atoms with van der Waals surface area (Å²) >= 11 is 0. The third kappa shape index (κ3) is 4.95. The second-order valence-electron chi connectivity index (χ2n) is 6.74. The number of carbonyl (C=O) groups excluding carboxylic acids is 2. The van der Waals surface area contributed by atoms with Gasteiger partial charge in [-0.1, -0.05) is 12.1 Å². The van der Waals surface area contributed by atoms with E-state index in [2.05, 4.69) is 5.32 Å². The van der Waals surface area contributed by atoms with Crippen molar-refractivity contribution >= 4 is 11.7 Å². The Bertz CT molecular complexity index is 823. The van der Waals surface area contributed by atoms with Crippen LogP contribution in [0, 0.1) is 5.82 Å². The van der Waals surface area contributed by atoms with Crippen molar-refractivity contribution in [1.29, 1.82) is 0 Å². The molecule has 0 radical (unpaired) electrons. The number of ether oxygens (including phenoxy) is 1. The van der Waals surface area contributed by atoms with E-state index in [0.717, 1.165) is 5.56 Å². The first-order valence-electron chi connectivity index (χ1n) is 9.60. The van der Waals surface area contributed by atoms with Gasteiger partial charge in [-0.25, -0.2) is 4.39 Å². The second kappa shape index (κ2) is 9.46. The molecule has 0 aromatic heterocycles. The molecule has 1 amide bonds. The van der Waals surface area contributed by atoms with Crippen molar-refractivity contribution in [1.82, 2.24) is 10.2 Å². The van der Waals surface area contributed by atoms with E-state index in [1.807, 2.05) is 13.0 Å². The van der Waals surface area contributed by atoms with E-state index in [4.69, 9.17) is 4.74 Å². The molecule has 2 aromatic carbocycles. The zero-order chi connectivity index (χ0) is 19.9. The number of ketones is 1. The average Bonchev–Trinajstić information content (AvgIpc) is 2.72. The van der Waals surface area contributed by atoms with E-state index < -0.39 is 0 Å². The predicted octanol–water partition coefficient (Wildman–Crippen LogP) is 3.36. The number of hydrogen-bond acceptors (Lipinski definition) is 4. The summed E-state index contributed by atoms with van der Waals surface area (Å²) < 4.78 is 19.0. The van der Waals surface area contributed by atoms with Gasteiger partial charge in [-0.05, 0) is 48.9 Å². The Labute approximate surface area is 164 Å². The van der Waals surface area contributed by atoms with Gasteiger partial charge in [0.05, 0.1) is 12.6 Å². The maximum atomic E-state index is 13.6. The van der Waals surface area contributed by atoms with Crippen molar-refractivity contribution < 1.29 is 18.7 Å². The molecule has 1 N–H and O–H groups in total. The highest BCUT2D eigenvalue weighted by atomic mass is 19.1. The van der Waals surface area contributed by atoms with Crippen molar-refractivity contribution in [3.8, 4) is 5.75 Å². The van der Waals surface area contributed by atoms with Crippen LogP contribution in [0.1, 0.15) is 41.7 Å². The molecule has 0 aliphatic carbocycles. The fourth-order valence-electron chi connectivity index (χ4n) is 3.43. The SMILES string of the molecule is CCOc1ccc(C(=O)CCC(=O)N2CCNCC2c2cccc(F)c2)cc1.